The van der Waals surface area contributed by atoms with Crippen molar-refractivity contribution in [2.75, 3.05) is 17.7 Å². The van der Waals surface area contributed by atoms with Crippen LogP contribution in [-0.2, 0) is 14.8 Å². The Labute approximate surface area is 165 Å². The second-order valence-electron chi connectivity index (χ2n) is 5.48. The maximum Gasteiger partial charge on any atom is 0.273 e. The lowest BCUT2D eigenvalue weighted by molar-refractivity contribution is -0.384. The molecule has 0 saturated heterocycles. The fourth-order valence-corrected chi connectivity index (χ4v) is 2.65. The molecule has 1 amide bonds. The molecule has 12 heteroatoms. The summed E-state index contributed by atoms with van der Waals surface area (Å²) >= 11 is 0. The lowest BCUT2D eigenvalue weighted by Gasteiger charge is -2.09. The summed E-state index contributed by atoms with van der Waals surface area (Å²) in [6.07, 6.45) is 1.11. The Bertz CT molecular complexity index is 1120. The zero-order valence-corrected chi connectivity index (χ0v) is 15.8. The Morgan fingerprint density at radius 1 is 1.28 bits per heavy atom. The molecule has 11 nitrogen and oxygen atoms in total. The second-order valence-corrected chi connectivity index (χ2v) is 7.04. The van der Waals surface area contributed by atoms with Crippen molar-refractivity contribution in [1.29, 1.82) is 5.26 Å². The number of nitro groups is 1. The van der Waals surface area contributed by atoms with Crippen molar-refractivity contribution in [1.82, 2.24) is 0 Å². The average molecular weight is 417 g/mol. The summed E-state index contributed by atoms with van der Waals surface area (Å²) in [5.41, 5.74) is 0.0612. The topological polar surface area (TPSA) is 177 Å². The van der Waals surface area contributed by atoms with E-state index in [-0.39, 0.29) is 27.6 Å². The number of sulfonamides is 1. The van der Waals surface area contributed by atoms with E-state index in [1.54, 1.807) is 6.07 Å². The van der Waals surface area contributed by atoms with Crippen LogP contribution in [0.4, 0.5) is 17.1 Å². The number of carbonyl (C=O) groups is 1. The molecule has 0 heterocycles. The summed E-state index contributed by atoms with van der Waals surface area (Å²) in [6.45, 7) is 0. The third-order valence-corrected chi connectivity index (χ3v) is 4.50. The molecular formula is C17H15N5O6S. The van der Waals surface area contributed by atoms with E-state index in [4.69, 9.17) is 9.88 Å². The Balaban J connectivity index is 2.16. The van der Waals surface area contributed by atoms with Crippen molar-refractivity contribution in [2.24, 2.45) is 5.14 Å². The van der Waals surface area contributed by atoms with Gasteiger partial charge in [0.1, 0.15) is 17.4 Å². The van der Waals surface area contributed by atoms with E-state index in [2.05, 4.69) is 10.6 Å². The van der Waals surface area contributed by atoms with Gasteiger partial charge in [0.15, 0.2) is 0 Å². The summed E-state index contributed by atoms with van der Waals surface area (Å²) in [7, 11) is -2.55. The minimum Gasteiger partial charge on any atom is -0.494 e. The Kier molecular flexibility index (Phi) is 6.50. The van der Waals surface area contributed by atoms with Crippen LogP contribution < -0.4 is 20.5 Å². The molecule has 0 fully saturated rings. The number of nitro benzene ring substituents is 1. The molecule has 150 valence electrons. The largest absolute Gasteiger partial charge is 0.494 e. The molecule has 0 aromatic heterocycles. The summed E-state index contributed by atoms with van der Waals surface area (Å²) in [5.74, 6) is -0.615. The number of hydrogen-bond acceptors (Lipinski definition) is 8. The zero-order chi connectivity index (χ0) is 21.6. The highest BCUT2D eigenvalue weighted by molar-refractivity contribution is 7.89. The van der Waals surface area contributed by atoms with Crippen LogP contribution in [0.15, 0.2) is 59.1 Å². The molecule has 0 spiro atoms. The van der Waals surface area contributed by atoms with Crippen LogP contribution in [0.2, 0.25) is 0 Å². The Morgan fingerprint density at radius 2 is 1.93 bits per heavy atom. The Morgan fingerprint density at radius 3 is 2.45 bits per heavy atom. The minimum atomic E-state index is -3.86. The molecule has 0 saturated carbocycles. The molecule has 0 atom stereocenters. The van der Waals surface area contributed by atoms with Crippen LogP contribution >= 0.6 is 0 Å². The van der Waals surface area contributed by atoms with Crippen molar-refractivity contribution >= 4 is 33.0 Å². The molecule has 0 radical (unpaired) electrons. The van der Waals surface area contributed by atoms with E-state index in [0.717, 1.165) is 6.20 Å². The fourth-order valence-electron chi connectivity index (χ4n) is 2.14. The smallest absolute Gasteiger partial charge is 0.273 e. The predicted molar refractivity (Wildman–Crippen MR) is 103 cm³/mol. The highest BCUT2D eigenvalue weighted by Gasteiger charge is 2.13. The number of amides is 1. The number of anilines is 2. The van der Waals surface area contributed by atoms with Crippen LogP contribution in [0, 0.1) is 21.4 Å². The van der Waals surface area contributed by atoms with Crippen LogP contribution in [-0.4, -0.2) is 26.4 Å². The molecule has 0 aliphatic carbocycles. The average Bonchev–Trinajstić information content (AvgIpc) is 2.68. The molecule has 0 aliphatic rings. The highest BCUT2D eigenvalue weighted by atomic mass is 32.2. The number of hydrogen-bond donors (Lipinski definition) is 3. The third-order valence-electron chi connectivity index (χ3n) is 3.57. The first-order valence-corrected chi connectivity index (χ1v) is 9.34. The first-order chi connectivity index (χ1) is 13.7. The van der Waals surface area contributed by atoms with E-state index in [9.17, 15) is 28.6 Å². The van der Waals surface area contributed by atoms with Crippen molar-refractivity contribution < 1.29 is 22.9 Å². The standard InChI is InChI=1S/C17H15N5O6S/c1-28-16-8-13(22(24)25)4-7-15(16)20-10-11(9-18)17(23)21-12-2-5-14(6-3-12)29(19,26)27/h2-8,10,20H,1H3,(H,21,23)(H2,19,26,27)/b11-10-. The quantitative estimate of drug-likeness (QED) is 0.264. The molecule has 2 rings (SSSR count). The van der Waals surface area contributed by atoms with Crippen molar-refractivity contribution in [2.45, 2.75) is 4.90 Å². The maximum absolute atomic E-state index is 12.2. The Hall–Kier alpha value is -3.95. The highest BCUT2D eigenvalue weighted by Crippen LogP contribution is 2.29. The number of nitrogens with one attached hydrogen (secondary N) is 2. The molecule has 0 bridgehead atoms. The number of benzene rings is 2. The van der Waals surface area contributed by atoms with Gasteiger partial charge < -0.3 is 15.4 Å². The van der Waals surface area contributed by atoms with Crippen LogP contribution in [0.25, 0.3) is 0 Å². The van der Waals surface area contributed by atoms with E-state index in [0.29, 0.717) is 5.69 Å². The number of ether oxygens (including phenoxy) is 1. The van der Waals surface area contributed by atoms with Gasteiger partial charge in [-0.15, -0.1) is 0 Å². The van der Waals surface area contributed by atoms with E-state index in [1.807, 2.05) is 0 Å². The molecule has 2 aromatic carbocycles. The van der Waals surface area contributed by atoms with Crippen molar-refractivity contribution in [3.05, 3.63) is 64.4 Å². The van der Waals surface area contributed by atoms with E-state index >= 15 is 0 Å². The number of nitrogens with two attached hydrogens (primary N) is 1. The molecular weight excluding hydrogens is 402 g/mol. The van der Waals surface area contributed by atoms with Gasteiger partial charge in [0, 0.05) is 18.0 Å². The van der Waals surface area contributed by atoms with Gasteiger partial charge in [0.2, 0.25) is 10.0 Å². The second kappa shape index (κ2) is 8.83. The molecule has 2 aromatic rings. The van der Waals surface area contributed by atoms with Gasteiger partial charge in [0.25, 0.3) is 11.6 Å². The number of nitrogens with zero attached hydrogens (tertiary/aromatic N) is 2. The van der Waals surface area contributed by atoms with Gasteiger partial charge in [-0.2, -0.15) is 5.26 Å². The maximum atomic E-state index is 12.2. The summed E-state index contributed by atoms with van der Waals surface area (Å²) in [5, 5.41) is 30.1. The lowest BCUT2D eigenvalue weighted by atomic mass is 10.2. The van der Waals surface area contributed by atoms with Crippen LogP contribution in [0.5, 0.6) is 5.75 Å². The lowest BCUT2D eigenvalue weighted by Crippen LogP contribution is -2.15. The molecule has 0 unspecified atom stereocenters. The number of rotatable bonds is 7. The van der Waals surface area contributed by atoms with Gasteiger partial charge in [-0.3, -0.25) is 14.9 Å². The molecule has 0 aliphatic heterocycles. The van der Waals surface area contributed by atoms with Crippen molar-refractivity contribution in [3.8, 4) is 11.8 Å². The number of nitriles is 1. The van der Waals surface area contributed by atoms with Crippen LogP contribution in [0.1, 0.15) is 0 Å². The van der Waals surface area contributed by atoms with Gasteiger partial charge in [0.05, 0.1) is 28.7 Å². The monoisotopic (exact) mass is 417 g/mol. The third kappa shape index (κ3) is 5.51. The summed E-state index contributed by atoms with van der Waals surface area (Å²) in [4.78, 5) is 22.3. The number of non-ortho nitro benzene ring substituents is 1. The molecule has 4 N–H and O–H groups in total. The van der Waals surface area contributed by atoms with E-state index < -0.39 is 20.9 Å². The van der Waals surface area contributed by atoms with E-state index in [1.165, 1.54) is 49.6 Å². The van der Waals surface area contributed by atoms with Gasteiger partial charge in [-0.25, -0.2) is 13.6 Å². The fraction of sp³-hybridized carbons (Fsp3) is 0.0588. The summed E-state index contributed by atoms with van der Waals surface area (Å²) < 4.78 is 27.5. The van der Waals surface area contributed by atoms with Gasteiger partial charge in [-0.1, -0.05) is 0 Å². The number of carbonyl (C=O) groups excluding carboxylic acids is 1. The predicted octanol–water partition coefficient (Wildman–Crippen LogP) is 1.71. The number of primary sulfonamides is 1. The number of methoxy groups -OCH3 is 1. The van der Waals surface area contributed by atoms with Gasteiger partial charge >= 0.3 is 0 Å². The SMILES string of the molecule is COc1cc([N+](=O)[O-])ccc1N/C=C(/C#N)C(=O)Nc1ccc(S(N)(=O)=O)cc1. The zero-order valence-electron chi connectivity index (χ0n) is 14.9. The molecule has 29 heavy (non-hydrogen) atoms. The first-order valence-electron chi connectivity index (χ1n) is 7.79. The minimum absolute atomic E-state index is 0.126. The van der Waals surface area contributed by atoms with Gasteiger partial charge in [-0.05, 0) is 30.3 Å². The van der Waals surface area contributed by atoms with Crippen molar-refractivity contribution in [3.63, 3.8) is 0 Å². The normalized spacial score (nSPS) is 11.3. The summed E-state index contributed by atoms with van der Waals surface area (Å²) in [6, 6.07) is 10.6. The first kappa shape index (κ1) is 21.4. The van der Waals surface area contributed by atoms with Crippen LogP contribution in [0.3, 0.4) is 0 Å².